The summed E-state index contributed by atoms with van der Waals surface area (Å²) in [5.41, 5.74) is 6.42. The molecular formula is C30H50O2. The second-order valence-electron chi connectivity index (χ2n) is 9.92. The minimum Gasteiger partial charge on any atom is -0.251 e. The molecule has 0 aromatic carbocycles. The average Bonchev–Trinajstić information content (AvgIpc) is 2.70. The summed E-state index contributed by atoms with van der Waals surface area (Å²) < 4.78 is 0. The van der Waals surface area contributed by atoms with E-state index in [0.717, 1.165) is 51.4 Å². The number of allylic oxidation sites excluding steroid dienone is 11. The Hall–Kier alpha value is -1.64. The van der Waals surface area contributed by atoms with E-state index >= 15 is 0 Å². The van der Waals surface area contributed by atoms with Crippen molar-refractivity contribution in [2.24, 2.45) is 0 Å². The van der Waals surface area contributed by atoms with E-state index in [2.05, 4.69) is 84.9 Å². The second kappa shape index (κ2) is 17.9. The summed E-state index contributed by atoms with van der Waals surface area (Å²) in [4.78, 5) is 4.75. The third kappa shape index (κ3) is 18.0. The Morgan fingerprint density at radius 1 is 0.656 bits per heavy atom. The molecule has 0 radical (unpaired) electrons. The first-order valence-corrected chi connectivity index (χ1v) is 12.3. The first-order valence-electron chi connectivity index (χ1n) is 12.3. The third-order valence-corrected chi connectivity index (χ3v) is 5.59. The molecule has 1 atom stereocenters. The Labute approximate surface area is 199 Å². The molecule has 0 heterocycles. The Morgan fingerprint density at radius 3 is 1.66 bits per heavy atom. The zero-order valence-corrected chi connectivity index (χ0v) is 22.3. The summed E-state index contributed by atoms with van der Waals surface area (Å²) in [6, 6.07) is 0. The van der Waals surface area contributed by atoms with Crippen LogP contribution in [0.15, 0.2) is 70.4 Å². The fraction of sp³-hybridized carbons (Fsp3) is 0.600. The van der Waals surface area contributed by atoms with E-state index in [1.807, 2.05) is 13.0 Å². The van der Waals surface area contributed by atoms with Crippen molar-refractivity contribution in [3.8, 4) is 0 Å². The molecule has 182 valence electrons. The molecule has 2 nitrogen and oxygen atoms in total. The summed E-state index contributed by atoms with van der Waals surface area (Å²) in [6.07, 6.45) is 25.0. The van der Waals surface area contributed by atoms with Crippen molar-refractivity contribution in [1.29, 1.82) is 0 Å². The smallest absolute Gasteiger partial charge is 0.119 e. The Balaban J connectivity index is 4.30. The van der Waals surface area contributed by atoms with E-state index < -0.39 is 5.60 Å². The molecule has 0 bridgehead atoms. The lowest BCUT2D eigenvalue weighted by molar-refractivity contribution is -0.303. The molecule has 0 fully saturated rings. The largest absolute Gasteiger partial charge is 0.251 e. The van der Waals surface area contributed by atoms with Crippen LogP contribution in [0.3, 0.4) is 0 Å². The molecule has 0 aliphatic carbocycles. The molecule has 1 N–H and O–H groups in total. The maximum absolute atomic E-state index is 9.29. The lowest BCUT2D eigenvalue weighted by atomic mass is 9.97. The van der Waals surface area contributed by atoms with Gasteiger partial charge in [0.15, 0.2) is 0 Å². The summed E-state index contributed by atoms with van der Waals surface area (Å²) in [6.45, 7) is 17.1. The van der Waals surface area contributed by atoms with E-state index in [4.69, 9.17) is 4.89 Å². The van der Waals surface area contributed by atoms with Gasteiger partial charge in [-0.3, -0.25) is 5.26 Å². The predicted molar refractivity (Wildman–Crippen MR) is 143 cm³/mol. The highest BCUT2D eigenvalue weighted by Crippen LogP contribution is 2.20. The van der Waals surface area contributed by atoms with Crippen molar-refractivity contribution >= 4 is 0 Å². The van der Waals surface area contributed by atoms with Gasteiger partial charge in [-0.2, -0.15) is 0 Å². The highest BCUT2D eigenvalue weighted by atomic mass is 17.1. The summed E-state index contributed by atoms with van der Waals surface area (Å²) in [5.74, 6) is 0. The van der Waals surface area contributed by atoms with E-state index in [1.54, 1.807) is 0 Å². The SMILES string of the molecule is CC(C)=CCC/C(C)=C/CC/C(C)=C/CC/C=C(\C)C/C=C/C(C)(CCC=C(C)C)OO. The molecule has 32 heavy (non-hydrogen) atoms. The van der Waals surface area contributed by atoms with Gasteiger partial charge in [0.25, 0.3) is 0 Å². The number of hydrogen-bond donors (Lipinski definition) is 1. The molecule has 0 aliphatic heterocycles. The standard InChI is InChI=1S/C30H50O2/c1-25(2)15-11-19-29(7)21-12-20-27(5)17-9-10-18-28(6)22-14-24-30(8,32-31)23-13-16-26(3)4/h14-18,21,24,31H,9-13,19-20,22-23H2,1-8H3/b24-14+,27-17+,28-18+,29-21+. The van der Waals surface area contributed by atoms with Crippen LogP contribution in [0, 0.1) is 0 Å². The highest BCUT2D eigenvalue weighted by molar-refractivity contribution is 5.10. The van der Waals surface area contributed by atoms with Gasteiger partial charge in [0, 0.05) is 0 Å². The van der Waals surface area contributed by atoms with Crippen LogP contribution in [0.2, 0.25) is 0 Å². The van der Waals surface area contributed by atoms with Crippen LogP contribution < -0.4 is 0 Å². The highest BCUT2D eigenvalue weighted by Gasteiger charge is 2.20. The van der Waals surface area contributed by atoms with Crippen molar-refractivity contribution in [1.82, 2.24) is 0 Å². The number of hydrogen-bond acceptors (Lipinski definition) is 2. The van der Waals surface area contributed by atoms with Crippen LogP contribution in [-0.4, -0.2) is 10.9 Å². The minimum absolute atomic E-state index is 0.621. The van der Waals surface area contributed by atoms with Crippen molar-refractivity contribution in [3.05, 3.63) is 70.4 Å². The Bertz CT molecular complexity index is 692. The van der Waals surface area contributed by atoms with Crippen LogP contribution in [0.5, 0.6) is 0 Å². The molecule has 0 rings (SSSR count). The van der Waals surface area contributed by atoms with Gasteiger partial charge in [0.2, 0.25) is 0 Å². The monoisotopic (exact) mass is 442 g/mol. The predicted octanol–water partition coefficient (Wildman–Crippen LogP) is 10.1. The molecule has 0 aromatic heterocycles. The van der Waals surface area contributed by atoms with Gasteiger partial charge in [0.05, 0.1) is 0 Å². The van der Waals surface area contributed by atoms with Gasteiger partial charge in [-0.25, -0.2) is 4.89 Å². The molecule has 0 amide bonds. The van der Waals surface area contributed by atoms with Crippen molar-refractivity contribution in [2.45, 2.75) is 119 Å². The maximum atomic E-state index is 9.29. The maximum Gasteiger partial charge on any atom is 0.119 e. The van der Waals surface area contributed by atoms with Gasteiger partial charge >= 0.3 is 0 Å². The van der Waals surface area contributed by atoms with Gasteiger partial charge in [-0.05, 0) is 113 Å². The fourth-order valence-electron chi connectivity index (χ4n) is 3.38. The lowest BCUT2D eigenvalue weighted by Gasteiger charge is -2.21. The van der Waals surface area contributed by atoms with Crippen LogP contribution in [0.1, 0.15) is 113 Å². The zero-order valence-electron chi connectivity index (χ0n) is 22.3. The first-order chi connectivity index (χ1) is 15.1. The minimum atomic E-state index is -0.621. The van der Waals surface area contributed by atoms with Gasteiger partial charge in [0.1, 0.15) is 5.60 Å². The van der Waals surface area contributed by atoms with E-state index in [0.29, 0.717) is 0 Å². The Morgan fingerprint density at radius 2 is 1.12 bits per heavy atom. The van der Waals surface area contributed by atoms with Crippen LogP contribution >= 0.6 is 0 Å². The number of rotatable bonds is 16. The van der Waals surface area contributed by atoms with E-state index in [9.17, 15) is 5.26 Å². The van der Waals surface area contributed by atoms with E-state index in [1.165, 1.54) is 34.3 Å². The van der Waals surface area contributed by atoms with Crippen molar-refractivity contribution in [3.63, 3.8) is 0 Å². The van der Waals surface area contributed by atoms with Gasteiger partial charge in [-0.15, -0.1) is 0 Å². The second-order valence-corrected chi connectivity index (χ2v) is 9.92. The molecule has 0 aromatic rings. The number of unbranched alkanes of at least 4 members (excludes halogenated alkanes) is 1. The fourth-order valence-corrected chi connectivity index (χ4v) is 3.38. The molecule has 1 unspecified atom stereocenters. The van der Waals surface area contributed by atoms with Crippen molar-refractivity contribution < 1.29 is 10.1 Å². The molecule has 0 saturated carbocycles. The quantitative estimate of drug-likeness (QED) is 0.111. The zero-order chi connectivity index (χ0) is 24.4. The lowest BCUT2D eigenvalue weighted by Crippen LogP contribution is -2.24. The topological polar surface area (TPSA) is 29.5 Å². The summed E-state index contributed by atoms with van der Waals surface area (Å²) >= 11 is 0. The molecular weight excluding hydrogens is 392 g/mol. The first kappa shape index (κ1) is 30.4. The van der Waals surface area contributed by atoms with Gasteiger partial charge in [-0.1, -0.05) is 70.4 Å². The molecule has 0 spiro atoms. The Kier molecular flexibility index (Phi) is 16.9. The van der Waals surface area contributed by atoms with Gasteiger partial charge < -0.3 is 0 Å². The van der Waals surface area contributed by atoms with Crippen LogP contribution in [0.25, 0.3) is 0 Å². The van der Waals surface area contributed by atoms with Crippen molar-refractivity contribution in [2.75, 3.05) is 0 Å². The average molecular weight is 443 g/mol. The van der Waals surface area contributed by atoms with Crippen LogP contribution in [-0.2, 0) is 4.89 Å². The normalized spacial score (nSPS) is 15.1. The van der Waals surface area contributed by atoms with E-state index in [-0.39, 0.29) is 0 Å². The molecule has 2 heteroatoms. The summed E-state index contributed by atoms with van der Waals surface area (Å²) in [7, 11) is 0. The summed E-state index contributed by atoms with van der Waals surface area (Å²) in [5, 5.41) is 9.29. The van der Waals surface area contributed by atoms with Crippen LogP contribution in [0.4, 0.5) is 0 Å². The third-order valence-electron chi connectivity index (χ3n) is 5.59. The molecule has 0 saturated heterocycles. The molecule has 0 aliphatic rings.